The van der Waals surface area contributed by atoms with Gasteiger partial charge >= 0.3 is 0 Å². The quantitative estimate of drug-likeness (QED) is 0.605. The molecule has 0 radical (unpaired) electrons. The summed E-state index contributed by atoms with van der Waals surface area (Å²) in [7, 11) is 0. The molecule has 0 aromatic heterocycles. The highest BCUT2D eigenvalue weighted by Crippen LogP contribution is 2.15. The highest BCUT2D eigenvalue weighted by atomic mass is 35.5. The average molecular weight is 266 g/mol. The Labute approximate surface area is 105 Å². The van der Waals surface area contributed by atoms with E-state index in [1.807, 2.05) is 0 Å². The first-order chi connectivity index (χ1) is 7.74. The number of nitrogens with one attached hydrogen (secondary N) is 1. The van der Waals surface area contributed by atoms with E-state index in [2.05, 4.69) is 5.32 Å². The Morgan fingerprint density at radius 3 is 2.81 bits per heavy atom. The van der Waals surface area contributed by atoms with Crippen molar-refractivity contribution in [2.45, 2.75) is 6.54 Å². The lowest BCUT2D eigenvalue weighted by molar-refractivity contribution is 0.151. The van der Waals surface area contributed by atoms with Crippen molar-refractivity contribution in [3.8, 4) is 0 Å². The largest absolute Gasteiger partial charge is 0.379 e. The Morgan fingerprint density at radius 2 is 2.12 bits per heavy atom. The normalized spacial score (nSPS) is 10.7. The Hall–Kier alpha value is -0.350. The Morgan fingerprint density at radius 1 is 1.31 bits per heavy atom. The second kappa shape index (κ2) is 7.85. The minimum atomic E-state index is -0.389. The molecule has 90 valence electrons. The van der Waals surface area contributed by atoms with Crippen molar-refractivity contribution in [3.05, 3.63) is 34.6 Å². The van der Waals surface area contributed by atoms with E-state index in [1.165, 1.54) is 6.07 Å². The zero-order chi connectivity index (χ0) is 11.8. The SMILES string of the molecule is Fc1cc(CNCCOCCCl)ccc1Cl. The zero-order valence-electron chi connectivity index (χ0n) is 8.81. The van der Waals surface area contributed by atoms with Gasteiger partial charge in [0.25, 0.3) is 0 Å². The van der Waals surface area contributed by atoms with Crippen molar-refractivity contribution in [1.82, 2.24) is 5.32 Å². The first kappa shape index (κ1) is 13.7. The second-order valence-corrected chi connectivity index (χ2v) is 4.01. The van der Waals surface area contributed by atoms with E-state index < -0.39 is 0 Å². The first-order valence-corrected chi connectivity index (χ1v) is 5.93. The van der Waals surface area contributed by atoms with Gasteiger partial charge in [0.15, 0.2) is 0 Å². The molecule has 1 rings (SSSR count). The smallest absolute Gasteiger partial charge is 0.142 e. The Bertz CT molecular complexity index is 323. The summed E-state index contributed by atoms with van der Waals surface area (Å²) in [6.45, 7) is 2.46. The number of hydrogen-bond donors (Lipinski definition) is 1. The molecule has 0 spiro atoms. The van der Waals surface area contributed by atoms with Gasteiger partial charge in [-0.05, 0) is 17.7 Å². The van der Waals surface area contributed by atoms with Crippen LogP contribution in [0.15, 0.2) is 18.2 Å². The van der Waals surface area contributed by atoms with Gasteiger partial charge < -0.3 is 10.1 Å². The van der Waals surface area contributed by atoms with Gasteiger partial charge in [-0.1, -0.05) is 17.7 Å². The van der Waals surface area contributed by atoms with Crippen LogP contribution in [0.3, 0.4) is 0 Å². The van der Waals surface area contributed by atoms with Crippen molar-refractivity contribution in [2.24, 2.45) is 0 Å². The highest BCUT2D eigenvalue weighted by Gasteiger charge is 2.00. The number of ether oxygens (including phenoxy) is 1. The Kier molecular flexibility index (Phi) is 6.73. The molecule has 5 heteroatoms. The van der Waals surface area contributed by atoms with Crippen LogP contribution in [-0.4, -0.2) is 25.6 Å². The molecule has 16 heavy (non-hydrogen) atoms. The number of halogens is 3. The number of alkyl halides is 1. The summed E-state index contributed by atoms with van der Waals surface area (Å²) < 4.78 is 18.2. The summed E-state index contributed by atoms with van der Waals surface area (Å²) >= 11 is 11.0. The van der Waals surface area contributed by atoms with Crippen molar-refractivity contribution < 1.29 is 9.13 Å². The molecule has 0 fully saturated rings. The summed E-state index contributed by atoms with van der Waals surface area (Å²) in [5.41, 5.74) is 0.860. The second-order valence-electron chi connectivity index (χ2n) is 3.23. The third-order valence-electron chi connectivity index (χ3n) is 1.96. The van der Waals surface area contributed by atoms with E-state index in [0.717, 1.165) is 5.56 Å². The van der Waals surface area contributed by atoms with Crippen LogP contribution in [0, 0.1) is 5.82 Å². The van der Waals surface area contributed by atoms with Crippen LogP contribution in [-0.2, 0) is 11.3 Å². The van der Waals surface area contributed by atoms with Gasteiger partial charge in [0.1, 0.15) is 5.82 Å². The average Bonchev–Trinajstić information content (AvgIpc) is 2.28. The molecular weight excluding hydrogens is 252 g/mol. The molecule has 0 aliphatic heterocycles. The van der Waals surface area contributed by atoms with Gasteiger partial charge in [-0.25, -0.2) is 4.39 Å². The predicted molar refractivity (Wildman–Crippen MR) is 64.7 cm³/mol. The molecule has 0 saturated heterocycles. The van der Waals surface area contributed by atoms with Crippen LogP contribution in [0.25, 0.3) is 0 Å². The fourth-order valence-corrected chi connectivity index (χ4v) is 1.41. The predicted octanol–water partition coefficient (Wildman–Crippen LogP) is 2.82. The maximum atomic E-state index is 13.1. The topological polar surface area (TPSA) is 21.3 Å². The molecule has 0 aliphatic carbocycles. The van der Waals surface area contributed by atoms with Gasteiger partial charge in [0, 0.05) is 19.0 Å². The minimum Gasteiger partial charge on any atom is -0.379 e. The molecule has 2 nitrogen and oxygen atoms in total. The van der Waals surface area contributed by atoms with Crippen molar-refractivity contribution in [1.29, 1.82) is 0 Å². The maximum Gasteiger partial charge on any atom is 0.142 e. The maximum absolute atomic E-state index is 13.1. The van der Waals surface area contributed by atoms with E-state index in [9.17, 15) is 4.39 Å². The molecule has 0 saturated carbocycles. The van der Waals surface area contributed by atoms with Crippen LogP contribution < -0.4 is 5.32 Å². The molecule has 1 aromatic carbocycles. The Balaban J connectivity index is 2.19. The first-order valence-electron chi connectivity index (χ1n) is 5.02. The van der Waals surface area contributed by atoms with Crippen molar-refractivity contribution in [3.63, 3.8) is 0 Å². The van der Waals surface area contributed by atoms with E-state index in [0.29, 0.717) is 32.2 Å². The van der Waals surface area contributed by atoms with Gasteiger partial charge in [-0.2, -0.15) is 0 Å². The molecule has 0 amide bonds. The van der Waals surface area contributed by atoms with E-state index in [-0.39, 0.29) is 10.8 Å². The zero-order valence-corrected chi connectivity index (χ0v) is 10.3. The van der Waals surface area contributed by atoms with Gasteiger partial charge in [0.2, 0.25) is 0 Å². The molecule has 0 heterocycles. The van der Waals surface area contributed by atoms with E-state index in [1.54, 1.807) is 12.1 Å². The van der Waals surface area contributed by atoms with Crippen LogP contribution in [0.4, 0.5) is 4.39 Å². The molecule has 0 atom stereocenters. The van der Waals surface area contributed by atoms with Gasteiger partial charge in [-0.3, -0.25) is 0 Å². The molecule has 1 N–H and O–H groups in total. The summed E-state index contributed by atoms with van der Waals surface area (Å²) in [6, 6.07) is 4.77. The third-order valence-corrected chi connectivity index (χ3v) is 2.42. The lowest BCUT2D eigenvalue weighted by Gasteiger charge is -2.05. The van der Waals surface area contributed by atoms with Crippen LogP contribution >= 0.6 is 23.2 Å². The number of rotatable bonds is 7. The fraction of sp³-hybridized carbons (Fsp3) is 0.455. The summed E-state index contributed by atoms with van der Waals surface area (Å²) in [4.78, 5) is 0. The molecule has 0 aliphatic rings. The van der Waals surface area contributed by atoms with Crippen LogP contribution in [0.5, 0.6) is 0 Å². The summed E-state index contributed by atoms with van der Waals surface area (Å²) in [5.74, 6) is 0.113. The lowest BCUT2D eigenvalue weighted by atomic mass is 10.2. The summed E-state index contributed by atoms with van der Waals surface area (Å²) in [6.07, 6.45) is 0. The highest BCUT2D eigenvalue weighted by molar-refractivity contribution is 6.30. The number of benzene rings is 1. The van der Waals surface area contributed by atoms with Crippen LogP contribution in [0.2, 0.25) is 5.02 Å². The molecular formula is C11H14Cl2FNO. The molecule has 0 bridgehead atoms. The van der Waals surface area contributed by atoms with E-state index >= 15 is 0 Å². The van der Waals surface area contributed by atoms with Crippen molar-refractivity contribution >= 4 is 23.2 Å². The van der Waals surface area contributed by atoms with Gasteiger partial charge in [-0.15, -0.1) is 11.6 Å². The monoisotopic (exact) mass is 265 g/mol. The van der Waals surface area contributed by atoms with Gasteiger partial charge in [0.05, 0.1) is 18.2 Å². The molecule has 0 unspecified atom stereocenters. The van der Waals surface area contributed by atoms with Crippen LogP contribution in [0.1, 0.15) is 5.56 Å². The fourth-order valence-electron chi connectivity index (χ4n) is 1.18. The van der Waals surface area contributed by atoms with Crippen molar-refractivity contribution in [2.75, 3.05) is 25.6 Å². The number of hydrogen-bond acceptors (Lipinski definition) is 2. The summed E-state index contributed by atoms with van der Waals surface area (Å²) in [5, 5.41) is 3.28. The standard InChI is InChI=1S/C11H14Cl2FNO/c12-3-5-16-6-4-15-8-9-1-2-10(13)11(14)7-9/h1-2,7,15H,3-6,8H2. The third kappa shape index (κ3) is 5.12. The van der Waals surface area contributed by atoms with E-state index in [4.69, 9.17) is 27.9 Å². The minimum absolute atomic E-state index is 0.147. The molecule has 1 aromatic rings. The lowest BCUT2D eigenvalue weighted by Crippen LogP contribution is -2.19.